The van der Waals surface area contributed by atoms with Crippen LogP contribution in [0.15, 0.2) is 37.4 Å². The molecule has 0 aliphatic carbocycles. The van der Waals surface area contributed by atoms with Crippen LogP contribution in [0.1, 0.15) is 18.1 Å². The molecule has 0 saturated heterocycles. The Morgan fingerprint density at radius 2 is 2.33 bits per heavy atom. The summed E-state index contributed by atoms with van der Waals surface area (Å²) in [6.07, 6.45) is 4.28. The number of fused-ring (bicyclic) bond motifs is 2. The molecule has 0 spiro atoms. The van der Waals surface area contributed by atoms with Gasteiger partial charge in [-0.3, -0.25) is 10.4 Å². The lowest BCUT2D eigenvalue weighted by Gasteiger charge is -2.29. The maximum absolute atomic E-state index is 14.3. The van der Waals surface area contributed by atoms with Crippen LogP contribution >= 0.6 is 15.9 Å². The summed E-state index contributed by atoms with van der Waals surface area (Å²) < 4.78 is 20.6. The van der Waals surface area contributed by atoms with Crippen LogP contribution in [0.3, 0.4) is 0 Å². The molecular weight excluding hydrogens is 375 g/mol. The molecule has 124 valence electrons. The first-order chi connectivity index (χ1) is 11.6. The molecule has 3 aliphatic heterocycles. The van der Waals surface area contributed by atoms with Gasteiger partial charge >= 0.3 is 0 Å². The summed E-state index contributed by atoms with van der Waals surface area (Å²) in [5.74, 6) is 1.38. The third kappa shape index (κ3) is 2.56. The molecule has 0 radical (unpaired) electrons. The maximum Gasteiger partial charge on any atom is 0.133 e. The van der Waals surface area contributed by atoms with Crippen LogP contribution in [0, 0.1) is 17.7 Å². The van der Waals surface area contributed by atoms with Crippen LogP contribution in [-0.2, 0) is 13.0 Å². The van der Waals surface area contributed by atoms with Gasteiger partial charge in [0.05, 0.1) is 29.2 Å². The Labute approximate surface area is 147 Å². The Hall–Kier alpha value is -2.02. The average Bonchev–Trinajstić information content (AvgIpc) is 3.05. The van der Waals surface area contributed by atoms with Crippen molar-refractivity contribution in [3.05, 3.63) is 39.3 Å². The van der Waals surface area contributed by atoms with Crippen molar-refractivity contribution in [1.29, 1.82) is 0 Å². The number of aliphatic imine (C=N–C) groups is 2. The number of nitrogens with one attached hydrogen (secondary N) is 1. The van der Waals surface area contributed by atoms with Crippen molar-refractivity contribution in [2.24, 2.45) is 26.9 Å². The largest absolute Gasteiger partial charge is 0.493 e. The van der Waals surface area contributed by atoms with Crippen LogP contribution in [0.25, 0.3) is 0 Å². The average molecular weight is 391 g/mol. The van der Waals surface area contributed by atoms with Crippen LogP contribution in [0.4, 0.5) is 4.39 Å². The molecule has 3 aliphatic rings. The summed E-state index contributed by atoms with van der Waals surface area (Å²) in [5.41, 5.74) is 5.49. The van der Waals surface area contributed by atoms with Crippen molar-refractivity contribution in [3.63, 3.8) is 0 Å². The van der Waals surface area contributed by atoms with Crippen molar-refractivity contribution in [2.75, 3.05) is 6.61 Å². The van der Waals surface area contributed by atoms with E-state index in [-0.39, 0.29) is 24.2 Å². The van der Waals surface area contributed by atoms with Gasteiger partial charge in [0.2, 0.25) is 0 Å². The van der Waals surface area contributed by atoms with E-state index < -0.39 is 0 Å². The fraction of sp³-hybridized carbons (Fsp3) is 0.353. The van der Waals surface area contributed by atoms with E-state index in [1.807, 2.05) is 6.21 Å². The highest BCUT2D eigenvalue weighted by atomic mass is 79.9. The highest BCUT2D eigenvalue weighted by Gasteiger charge is 2.32. The Morgan fingerprint density at radius 1 is 1.46 bits per heavy atom. The zero-order chi connectivity index (χ0) is 16.7. The van der Waals surface area contributed by atoms with Crippen LogP contribution in [0.5, 0.6) is 5.75 Å². The summed E-state index contributed by atoms with van der Waals surface area (Å²) in [6, 6.07) is 3.14. The second-order valence-electron chi connectivity index (χ2n) is 6.02. The van der Waals surface area contributed by atoms with Crippen molar-refractivity contribution >= 4 is 34.2 Å². The summed E-state index contributed by atoms with van der Waals surface area (Å²) in [7, 11) is 0. The molecule has 2 unspecified atom stereocenters. The first-order valence-corrected chi connectivity index (χ1v) is 8.65. The molecule has 0 amide bonds. The van der Waals surface area contributed by atoms with Gasteiger partial charge in [0.1, 0.15) is 17.4 Å². The predicted molar refractivity (Wildman–Crippen MR) is 95.5 cm³/mol. The highest BCUT2D eigenvalue weighted by Crippen LogP contribution is 2.33. The number of nitrogens with zero attached hydrogens (tertiary/aromatic N) is 3. The molecule has 0 bridgehead atoms. The Morgan fingerprint density at radius 3 is 3.21 bits per heavy atom. The van der Waals surface area contributed by atoms with Gasteiger partial charge in [-0.25, -0.2) is 9.38 Å². The molecule has 0 aromatic heterocycles. The van der Waals surface area contributed by atoms with Gasteiger partial charge < -0.3 is 4.74 Å². The van der Waals surface area contributed by atoms with Crippen molar-refractivity contribution in [1.82, 2.24) is 5.43 Å². The number of rotatable bonds is 2. The fourth-order valence-electron chi connectivity index (χ4n) is 3.27. The normalized spacial score (nSPS) is 26.2. The number of amidine groups is 1. The van der Waals surface area contributed by atoms with E-state index in [9.17, 15) is 4.39 Å². The first kappa shape index (κ1) is 15.5. The molecule has 3 heterocycles. The van der Waals surface area contributed by atoms with Crippen molar-refractivity contribution in [2.45, 2.75) is 19.9 Å². The lowest BCUT2D eigenvalue weighted by Crippen LogP contribution is -2.36. The molecule has 1 N–H and O–H groups in total. The number of ether oxygens (including phenoxy) is 1. The third-order valence-corrected chi connectivity index (χ3v) is 5.15. The highest BCUT2D eigenvalue weighted by molar-refractivity contribution is 9.12. The molecule has 4 rings (SSSR count). The van der Waals surface area contributed by atoms with Crippen LogP contribution in [0.2, 0.25) is 0 Å². The Balaban J connectivity index is 1.67. The van der Waals surface area contributed by atoms with Crippen molar-refractivity contribution in [3.8, 4) is 5.75 Å². The van der Waals surface area contributed by atoms with E-state index in [1.54, 1.807) is 12.3 Å². The zero-order valence-electron chi connectivity index (χ0n) is 13.1. The minimum absolute atomic E-state index is 0.00190. The number of hydrogen-bond donors (Lipinski definition) is 1. The Bertz CT molecular complexity index is 815. The second-order valence-corrected chi connectivity index (χ2v) is 6.88. The standard InChI is InChI=1S/C17H16BrFN4O/c1-9-6-22-23-16-12(18)8-21-17(15(9)16)20-7-11-10-4-5-24-14(10)3-2-13(11)19/h2-3,6,8-9,15,23H,4-5,7H2,1H3. The minimum Gasteiger partial charge on any atom is -0.493 e. The molecule has 0 fully saturated rings. The number of hydrazone groups is 1. The van der Waals surface area contributed by atoms with E-state index in [1.165, 1.54) is 6.07 Å². The number of allylic oxidation sites excluding steroid dienone is 1. The van der Waals surface area contributed by atoms with Gasteiger partial charge in [-0.05, 0) is 28.1 Å². The SMILES string of the molecule is CC1C=NNC2=C(Br)C=NC(=NCc3c(F)ccc4c3CCO4)C21. The lowest BCUT2D eigenvalue weighted by molar-refractivity contribution is 0.356. The van der Waals surface area contributed by atoms with Gasteiger partial charge in [-0.2, -0.15) is 5.10 Å². The molecule has 7 heteroatoms. The number of hydrogen-bond acceptors (Lipinski definition) is 4. The smallest absolute Gasteiger partial charge is 0.133 e. The van der Waals surface area contributed by atoms with E-state index in [2.05, 4.69) is 43.4 Å². The Kier molecular flexibility index (Phi) is 3.96. The zero-order valence-corrected chi connectivity index (χ0v) is 14.7. The topological polar surface area (TPSA) is 58.3 Å². The molecule has 5 nitrogen and oxygen atoms in total. The summed E-state index contributed by atoms with van der Waals surface area (Å²) in [6.45, 7) is 2.93. The van der Waals surface area contributed by atoms with Crippen LogP contribution < -0.4 is 10.2 Å². The van der Waals surface area contributed by atoms with E-state index >= 15 is 0 Å². The van der Waals surface area contributed by atoms with Gasteiger partial charge in [-0.1, -0.05) is 6.92 Å². The summed E-state index contributed by atoms with van der Waals surface area (Å²) in [4.78, 5) is 9.08. The number of dihydropyridines is 1. The quantitative estimate of drug-likeness (QED) is 0.842. The lowest BCUT2D eigenvalue weighted by atomic mass is 9.88. The molecule has 1 aromatic carbocycles. The number of benzene rings is 1. The molecular formula is C17H16BrFN4O. The fourth-order valence-corrected chi connectivity index (χ4v) is 3.70. The second kappa shape index (κ2) is 6.12. The van der Waals surface area contributed by atoms with Gasteiger partial charge in [0.15, 0.2) is 0 Å². The molecule has 1 aromatic rings. The minimum atomic E-state index is -0.239. The third-order valence-electron chi connectivity index (χ3n) is 4.52. The van der Waals surface area contributed by atoms with E-state index in [4.69, 9.17) is 4.74 Å². The molecule has 24 heavy (non-hydrogen) atoms. The van der Waals surface area contributed by atoms with Crippen LogP contribution in [-0.4, -0.2) is 24.9 Å². The predicted octanol–water partition coefficient (Wildman–Crippen LogP) is 3.19. The maximum atomic E-state index is 14.3. The van der Waals surface area contributed by atoms with E-state index in [0.717, 1.165) is 27.9 Å². The monoisotopic (exact) mass is 390 g/mol. The summed E-state index contributed by atoms with van der Waals surface area (Å²) in [5, 5.41) is 4.15. The first-order valence-electron chi connectivity index (χ1n) is 7.85. The number of halogens is 2. The molecule has 0 saturated carbocycles. The van der Waals surface area contributed by atoms with Gasteiger partial charge in [0, 0.05) is 35.9 Å². The van der Waals surface area contributed by atoms with Gasteiger partial charge in [0.25, 0.3) is 0 Å². The molecule has 2 atom stereocenters. The van der Waals surface area contributed by atoms with Gasteiger partial charge in [-0.15, -0.1) is 0 Å². The van der Waals surface area contributed by atoms with Crippen molar-refractivity contribution < 1.29 is 9.13 Å². The summed E-state index contributed by atoms with van der Waals surface area (Å²) >= 11 is 3.50. The van der Waals surface area contributed by atoms with E-state index in [0.29, 0.717) is 18.0 Å².